The van der Waals surface area contributed by atoms with Crippen LogP contribution >= 0.6 is 11.8 Å². The zero-order valence-corrected chi connectivity index (χ0v) is 18.1. The van der Waals surface area contributed by atoms with Crippen molar-refractivity contribution >= 4 is 34.2 Å². The van der Waals surface area contributed by atoms with Gasteiger partial charge in [0.05, 0.1) is 6.04 Å². The largest absolute Gasteiger partial charge is 0.335 e. The minimum atomic E-state index is -0.128. The Morgan fingerprint density at radius 2 is 1.73 bits per heavy atom. The van der Waals surface area contributed by atoms with Crippen LogP contribution in [-0.4, -0.2) is 21.8 Å². The van der Waals surface area contributed by atoms with E-state index in [1.165, 1.54) is 5.56 Å². The van der Waals surface area contributed by atoms with Crippen molar-refractivity contribution in [2.45, 2.75) is 26.8 Å². The minimum Gasteiger partial charge on any atom is -0.335 e. The number of rotatable bonds is 4. The number of carbonyl (C=O) groups is 1. The van der Waals surface area contributed by atoms with E-state index < -0.39 is 0 Å². The molecule has 1 amide bonds. The molecule has 6 heteroatoms. The number of aliphatic imine (C=N–C) groups is 1. The Morgan fingerprint density at radius 1 is 0.967 bits per heavy atom. The molecule has 1 atom stereocenters. The maximum absolute atomic E-state index is 12.8. The van der Waals surface area contributed by atoms with E-state index in [-0.39, 0.29) is 11.9 Å². The third-order valence-corrected chi connectivity index (χ3v) is 6.21. The van der Waals surface area contributed by atoms with Gasteiger partial charge in [-0.1, -0.05) is 23.9 Å². The Hall–Kier alpha value is -3.12. The Balaban J connectivity index is 1.49. The van der Waals surface area contributed by atoms with E-state index >= 15 is 0 Å². The van der Waals surface area contributed by atoms with Crippen LogP contribution in [0.3, 0.4) is 0 Å². The third-order valence-electron chi connectivity index (χ3n) is 5.25. The average molecular weight is 417 g/mol. The molecule has 152 valence electrons. The van der Waals surface area contributed by atoms with Crippen molar-refractivity contribution in [2.75, 3.05) is 16.4 Å². The second-order valence-corrected chi connectivity index (χ2v) is 8.46. The topological polar surface area (TPSA) is 66.4 Å². The number of aromatic nitrogens is 1. The minimum absolute atomic E-state index is 0.122. The third kappa shape index (κ3) is 4.54. The molecule has 30 heavy (non-hydrogen) atoms. The molecular weight excluding hydrogens is 392 g/mol. The van der Waals surface area contributed by atoms with Gasteiger partial charge in [-0.15, -0.1) is 0 Å². The number of anilines is 2. The van der Waals surface area contributed by atoms with Crippen molar-refractivity contribution in [3.05, 3.63) is 88.7 Å². The van der Waals surface area contributed by atoms with Crippen molar-refractivity contribution in [1.29, 1.82) is 0 Å². The van der Waals surface area contributed by atoms with E-state index in [4.69, 9.17) is 4.99 Å². The highest BCUT2D eigenvalue weighted by molar-refractivity contribution is 8.14. The monoisotopic (exact) mass is 416 g/mol. The van der Waals surface area contributed by atoms with Crippen molar-refractivity contribution in [3.63, 3.8) is 0 Å². The fraction of sp³-hybridized carbons (Fsp3) is 0.208. The van der Waals surface area contributed by atoms with Gasteiger partial charge in [-0.2, -0.15) is 0 Å². The molecule has 1 unspecified atom stereocenters. The van der Waals surface area contributed by atoms with E-state index in [1.807, 2.05) is 62.4 Å². The molecule has 4 rings (SSSR count). The summed E-state index contributed by atoms with van der Waals surface area (Å²) in [7, 11) is 0. The summed E-state index contributed by atoms with van der Waals surface area (Å²) in [4.78, 5) is 21.6. The van der Waals surface area contributed by atoms with E-state index in [0.29, 0.717) is 5.56 Å². The molecule has 0 spiro atoms. The van der Waals surface area contributed by atoms with Crippen LogP contribution in [0, 0.1) is 20.8 Å². The fourth-order valence-electron chi connectivity index (χ4n) is 3.23. The van der Waals surface area contributed by atoms with Gasteiger partial charge in [-0.3, -0.25) is 14.8 Å². The summed E-state index contributed by atoms with van der Waals surface area (Å²) in [5, 5.41) is 7.26. The van der Waals surface area contributed by atoms with Crippen molar-refractivity contribution in [3.8, 4) is 0 Å². The fourth-order valence-corrected chi connectivity index (χ4v) is 4.20. The smallest absolute Gasteiger partial charge is 0.255 e. The maximum atomic E-state index is 12.8. The molecular formula is C24H24N4OS. The van der Waals surface area contributed by atoms with Crippen LogP contribution in [0.25, 0.3) is 0 Å². The number of thioether (sulfide) groups is 1. The van der Waals surface area contributed by atoms with Gasteiger partial charge in [0.15, 0.2) is 5.17 Å². The van der Waals surface area contributed by atoms with E-state index in [2.05, 4.69) is 22.5 Å². The number of aryl methyl sites for hydroxylation is 3. The number of amidine groups is 1. The highest BCUT2D eigenvalue weighted by atomic mass is 32.2. The SMILES string of the molecule is Cc1ccc(NC(=O)c2ccc(C)c(NC3=NC(c4ccncc4)CS3)c2)cc1C. The van der Waals surface area contributed by atoms with Gasteiger partial charge >= 0.3 is 0 Å². The highest BCUT2D eigenvalue weighted by Gasteiger charge is 2.20. The van der Waals surface area contributed by atoms with E-state index in [9.17, 15) is 4.79 Å². The normalized spacial score (nSPS) is 15.6. The van der Waals surface area contributed by atoms with Gasteiger partial charge < -0.3 is 10.6 Å². The second kappa shape index (κ2) is 8.71. The van der Waals surface area contributed by atoms with Crippen molar-refractivity contribution in [2.24, 2.45) is 4.99 Å². The van der Waals surface area contributed by atoms with Crippen molar-refractivity contribution in [1.82, 2.24) is 4.98 Å². The summed E-state index contributed by atoms with van der Waals surface area (Å²) >= 11 is 1.69. The standard InChI is InChI=1S/C24H24N4OS/c1-15-5-7-20(12-17(15)3)26-23(29)19-6-4-16(2)21(13-19)27-24-28-22(14-30-24)18-8-10-25-11-9-18/h4-13,22H,14H2,1-3H3,(H,26,29)(H,27,28). The molecule has 1 aliphatic rings. The first-order valence-corrected chi connectivity index (χ1v) is 10.8. The quantitative estimate of drug-likeness (QED) is 0.588. The van der Waals surface area contributed by atoms with Gasteiger partial charge in [0, 0.05) is 35.1 Å². The van der Waals surface area contributed by atoms with Gasteiger partial charge in [-0.25, -0.2) is 0 Å². The molecule has 1 aliphatic heterocycles. The molecule has 1 aromatic heterocycles. The van der Waals surface area contributed by atoms with E-state index in [1.54, 1.807) is 24.2 Å². The van der Waals surface area contributed by atoms with Gasteiger partial charge in [-0.05, 0) is 79.4 Å². The average Bonchev–Trinajstić information content (AvgIpc) is 3.21. The summed E-state index contributed by atoms with van der Waals surface area (Å²) in [5.74, 6) is 0.759. The number of pyridine rings is 1. The van der Waals surface area contributed by atoms with E-state index in [0.717, 1.165) is 39.0 Å². The number of nitrogens with zero attached hydrogens (tertiary/aromatic N) is 2. The number of carbonyl (C=O) groups excluding carboxylic acids is 1. The Labute approximate surface area is 181 Å². The van der Waals surface area contributed by atoms with Crippen LogP contribution in [-0.2, 0) is 0 Å². The molecule has 3 aromatic rings. The zero-order valence-electron chi connectivity index (χ0n) is 17.3. The molecule has 0 radical (unpaired) electrons. The summed E-state index contributed by atoms with van der Waals surface area (Å²) in [6.07, 6.45) is 3.59. The predicted molar refractivity (Wildman–Crippen MR) is 126 cm³/mol. The lowest BCUT2D eigenvalue weighted by Crippen LogP contribution is -2.13. The lowest BCUT2D eigenvalue weighted by atomic mass is 10.1. The lowest BCUT2D eigenvalue weighted by molar-refractivity contribution is 0.102. The maximum Gasteiger partial charge on any atom is 0.255 e. The molecule has 0 saturated heterocycles. The van der Waals surface area contributed by atoms with Crippen molar-refractivity contribution < 1.29 is 4.79 Å². The first kappa shape index (κ1) is 20.2. The van der Waals surface area contributed by atoms with Gasteiger partial charge in [0.2, 0.25) is 0 Å². The molecule has 0 bridgehead atoms. The lowest BCUT2D eigenvalue weighted by Gasteiger charge is -2.12. The number of nitrogens with one attached hydrogen (secondary N) is 2. The molecule has 5 nitrogen and oxygen atoms in total. The number of amides is 1. The van der Waals surface area contributed by atoms with Crippen LogP contribution in [0.4, 0.5) is 11.4 Å². The van der Waals surface area contributed by atoms with Crippen LogP contribution in [0.5, 0.6) is 0 Å². The second-order valence-electron chi connectivity index (χ2n) is 7.45. The summed E-state index contributed by atoms with van der Waals surface area (Å²) in [5.41, 5.74) is 6.88. The number of hydrogen-bond donors (Lipinski definition) is 2. The number of benzene rings is 2. The molecule has 0 saturated carbocycles. The van der Waals surface area contributed by atoms with Crippen LogP contribution < -0.4 is 10.6 Å². The molecule has 0 aliphatic carbocycles. The van der Waals surface area contributed by atoms with Gasteiger partial charge in [0.25, 0.3) is 5.91 Å². The molecule has 2 heterocycles. The summed E-state index contributed by atoms with van der Waals surface area (Å²) < 4.78 is 0. The highest BCUT2D eigenvalue weighted by Crippen LogP contribution is 2.31. The van der Waals surface area contributed by atoms with Crippen LogP contribution in [0.1, 0.15) is 38.7 Å². The van der Waals surface area contributed by atoms with Crippen LogP contribution in [0.15, 0.2) is 65.9 Å². The Kier molecular flexibility index (Phi) is 5.86. The summed E-state index contributed by atoms with van der Waals surface area (Å²) in [6.45, 7) is 6.12. The predicted octanol–water partition coefficient (Wildman–Crippen LogP) is 5.52. The first-order valence-electron chi connectivity index (χ1n) is 9.86. The first-order chi connectivity index (χ1) is 14.5. The zero-order chi connectivity index (χ0) is 21.1. The number of hydrogen-bond acceptors (Lipinski definition) is 5. The van der Waals surface area contributed by atoms with Crippen LogP contribution in [0.2, 0.25) is 0 Å². The van der Waals surface area contributed by atoms with Gasteiger partial charge in [0.1, 0.15) is 0 Å². The molecule has 2 aromatic carbocycles. The Morgan fingerprint density at radius 3 is 2.50 bits per heavy atom. The Bertz CT molecular complexity index is 1110. The molecule has 2 N–H and O–H groups in total. The summed E-state index contributed by atoms with van der Waals surface area (Å²) in [6, 6.07) is 15.7. The molecule has 0 fully saturated rings.